The predicted molar refractivity (Wildman–Crippen MR) is 88.4 cm³/mol. The summed E-state index contributed by atoms with van der Waals surface area (Å²) in [7, 11) is 0. The van der Waals surface area contributed by atoms with Crippen molar-refractivity contribution in [3.63, 3.8) is 0 Å². The van der Waals surface area contributed by atoms with Crippen molar-refractivity contribution in [2.24, 2.45) is 5.41 Å². The summed E-state index contributed by atoms with van der Waals surface area (Å²) in [6.45, 7) is 5.63. The highest BCUT2D eigenvalue weighted by Crippen LogP contribution is 2.44. The molecule has 1 aromatic carbocycles. The van der Waals surface area contributed by atoms with Gasteiger partial charge in [0.2, 0.25) is 0 Å². The van der Waals surface area contributed by atoms with E-state index in [-0.39, 0.29) is 0 Å². The molecule has 0 heterocycles. The minimum atomic E-state index is 0.585. The Kier molecular flexibility index (Phi) is 5.92. The fourth-order valence-corrected chi connectivity index (χ4v) is 3.56. The van der Waals surface area contributed by atoms with Crippen molar-refractivity contribution in [1.29, 1.82) is 0 Å². The van der Waals surface area contributed by atoms with Crippen molar-refractivity contribution in [1.82, 2.24) is 5.32 Å². The molecular formula is C18H28ClN. The Morgan fingerprint density at radius 3 is 2.35 bits per heavy atom. The molecule has 1 nitrogen and oxygen atoms in total. The Bertz CT molecular complexity index is 390. The van der Waals surface area contributed by atoms with Crippen LogP contribution in [0.4, 0.5) is 0 Å². The highest BCUT2D eigenvalue weighted by molar-refractivity contribution is 6.30. The molecule has 20 heavy (non-hydrogen) atoms. The van der Waals surface area contributed by atoms with Crippen LogP contribution in [0.2, 0.25) is 5.02 Å². The SMILES string of the molecule is CC(C)NCCC1(CCc2ccc(Cl)cc2)CCCC1. The molecule has 1 aliphatic rings. The summed E-state index contributed by atoms with van der Waals surface area (Å²) in [5.41, 5.74) is 2.01. The lowest BCUT2D eigenvalue weighted by atomic mass is 9.77. The Hall–Kier alpha value is -0.530. The fourth-order valence-electron chi connectivity index (χ4n) is 3.44. The van der Waals surface area contributed by atoms with Crippen LogP contribution in [0.1, 0.15) is 57.9 Å². The largest absolute Gasteiger partial charge is 0.315 e. The standard InChI is InChI=1S/C18H28ClN/c1-15(2)20-14-13-18(10-3-4-11-18)12-9-16-5-7-17(19)8-6-16/h5-8,15,20H,3-4,9-14H2,1-2H3. The smallest absolute Gasteiger partial charge is 0.0406 e. The van der Waals surface area contributed by atoms with Crippen LogP contribution in [0.15, 0.2) is 24.3 Å². The van der Waals surface area contributed by atoms with Gasteiger partial charge in [-0.3, -0.25) is 0 Å². The summed E-state index contributed by atoms with van der Waals surface area (Å²) >= 11 is 5.96. The zero-order chi connectivity index (χ0) is 14.4. The molecule has 1 fully saturated rings. The zero-order valence-corrected chi connectivity index (χ0v) is 13.7. The lowest BCUT2D eigenvalue weighted by Gasteiger charge is -2.30. The number of benzene rings is 1. The van der Waals surface area contributed by atoms with Crippen molar-refractivity contribution in [2.75, 3.05) is 6.54 Å². The highest BCUT2D eigenvalue weighted by Gasteiger charge is 2.32. The van der Waals surface area contributed by atoms with Crippen molar-refractivity contribution in [2.45, 2.75) is 64.8 Å². The summed E-state index contributed by atoms with van der Waals surface area (Å²) in [6.07, 6.45) is 9.53. The van der Waals surface area contributed by atoms with E-state index in [1.54, 1.807) is 0 Å². The van der Waals surface area contributed by atoms with Crippen LogP contribution >= 0.6 is 11.6 Å². The van der Waals surface area contributed by atoms with Gasteiger partial charge >= 0.3 is 0 Å². The quantitative estimate of drug-likeness (QED) is 0.726. The maximum atomic E-state index is 5.96. The van der Waals surface area contributed by atoms with E-state index < -0.39 is 0 Å². The molecule has 0 bridgehead atoms. The van der Waals surface area contributed by atoms with Gasteiger partial charge in [0.15, 0.2) is 0 Å². The van der Waals surface area contributed by atoms with E-state index in [0.29, 0.717) is 11.5 Å². The van der Waals surface area contributed by atoms with Crippen molar-refractivity contribution >= 4 is 11.6 Å². The number of halogens is 1. The second-order valence-electron chi connectivity index (χ2n) is 6.69. The first-order valence-corrected chi connectivity index (χ1v) is 8.45. The van der Waals surface area contributed by atoms with Gasteiger partial charge in [0.05, 0.1) is 0 Å². The first-order chi connectivity index (χ1) is 9.60. The Labute approximate surface area is 129 Å². The molecule has 0 atom stereocenters. The molecule has 0 aromatic heterocycles. The van der Waals surface area contributed by atoms with Crippen molar-refractivity contribution < 1.29 is 0 Å². The lowest BCUT2D eigenvalue weighted by molar-refractivity contribution is 0.243. The molecule has 112 valence electrons. The van der Waals surface area contributed by atoms with Gasteiger partial charge in [-0.05, 0) is 61.8 Å². The molecule has 0 unspecified atom stereocenters. The first-order valence-electron chi connectivity index (χ1n) is 8.08. The van der Waals surface area contributed by atoms with Crippen molar-refractivity contribution in [3.8, 4) is 0 Å². The van der Waals surface area contributed by atoms with Gasteiger partial charge in [-0.2, -0.15) is 0 Å². The van der Waals surface area contributed by atoms with Crippen LogP contribution < -0.4 is 5.32 Å². The van der Waals surface area contributed by atoms with Crippen LogP contribution in [0.5, 0.6) is 0 Å². The molecule has 2 heteroatoms. The van der Waals surface area contributed by atoms with E-state index in [2.05, 4.69) is 31.3 Å². The Balaban J connectivity index is 1.86. The lowest BCUT2D eigenvalue weighted by Crippen LogP contribution is -2.29. The third kappa shape index (κ3) is 4.79. The van der Waals surface area contributed by atoms with E-state index in [4.69, 9.17) is 11.6 Å². The van der Waals surface area contributed by atoms with E-state index >= 15 is 0 Å². The predicted octanol–water partition coefficient (Wildman–Crippen LogP) is 5.22. The fraction of sp³-hybridized carbons (Fsp3) is 0.667. The molecule has 0 amide bonds. The van der Waals surface area contributed by atoms with Gasteiger partial charge in [0.1, 0.15) is 0 Å². The summed E-state index contributed by atoms with van der Waals surface area (Å²) < 4.78 is 0. The van der Waals surface area contributed by atoms with E-state index in [1.807, 2.05) is 12.1 Å². The average Bonchev–Trinajstić information content (AvgIpc) is 2.87. The van der Waals surface area contributed by atoms with Crippen LogP contribution in [0.25, 0.3) is 0 Å². The Morgan fingerprint density at radius 1 is 1.10 bits per heavy atom. The minimum absolute atomic E-state index is 0.585. The van der Waals surface area contributed by atoms with E-state index in [9.17, 15) is 0 Å². The third-order valence-electron chi connectivity index (χ3n) is 4.73. The molecule has 1 aromatic rings. The van der Waals surface area contributed by atoms with E-state index in [1.165, 1.54) is 50.5 Å². The number of aryl methyl sites for hydroxylation is 1. The normalized spacial score (nSPS) is 17.8. The van der Waals surface area contributed by atoms with Crippen LogP contribution in [0.3, 0.4) is 0 Å². The van der Waals surface area contributed by atoms with Crippen LogP contribution in [-0.2, 0) is 6.42 Å². The van der Waals surface area contributed by atoms with Crippen molar-refractivity contribution in [3.05, 3.63) is 34.9 Å². The van der Waals surface area contributed by atoms with Crippen LogP contribution in [0, 0.1) is 5.41 Å². The molecule has 0 aliphatic heterocycles. The molecule has 0 saturated heterocycles. The summed E-state index contributed by atoms with van der Waals surface area (Å²) in [6, 6.07) is 8.98. The first kappa shape index (κ1) is 15.9. The molecule has 2 rings (SSSR count). The highest BCUT2D eigenvalue weighted by atomic mass is 35.5. The molecule has 1 saturated carbocycles. The molecule has 0 spiro atoms. The monoisotopic (exact) mass is 293 g/mol. The van der Waals surface area contributed by atoms with E-state index in [0.717, 1.165) is 11.6 Å². The summed E-state index contributed by atoms with van der Waals surface area (Å²) in [5.74, 6) is 0. The van der Waals surface area contributed by atoms with Gasteiger partial charge in [0, 0.05) is 11.1 Å². The number of rotatable bonds is 7. The second kappa shape index (κ2) is 7.47. The summed E-state index contributed by atoms with van der Waals surface area (Å²) in [5, 5.41) is 4.42. The van der Waals surface area contributed by atoms with Crippen LogP contribution in [-0.4, -0.2) is 12.6 Å². The van der Waals surface area contributed by atoms with Gasteiger partial charge < -0.3 is 5.32 Å². The number of nitrogens with one attached hydrogen (secondary N) is 1. The van der Waals surface area contributed by atoms with Gasteiger partial charge in [-0.1, -0.05) is 50.4 Å². The van der Waals surface area contributed by atoms with Gasteiger partial charge in [-0.15, -0.1) is 0 Å². The number of hydrogen-bond acceptors (Lipinski definition) is 1. The molecule has 0 radical (unpaired) electrons. The maximum Gasteiger partial charge on any atom is 0.0406 e. The molecular weight excluding hydrogens is 266 g/mol. The molecule has 1 N–H and O–H groups in total. The maximum absolute atomic E-state index is 5.96. The zero-order valence-electron chi connectivity index (χ0n) is 12.9. The molecule has 1 aliphatic carbocycles. The van der Waals surface area contributed by atoms with Gasteiger partial charge in [-0.25, -0.2) is 0 Å². The second-order valence-corrected chi connectivity index (χ2v) is 7.13. The third-order valence-corrected chi connectivity index (χ3v) is 4.98. The van der Waals surface area contributed by atoms with Gasteiger partial charge in [0.25, 0.3) is 0 Å². The summed E-state index contributed by atoms with van der Waals surface area (Å²) in [4.78, 5) is 0. The minimum Gasteiger partial charge on any atom is -0.315 e. The Morgan fingerprint density at radius 2 is 1.75 bits per heavy atom. The topological polar surface area (TPSA) is 12.0 Å². The average molecular weight is 294 g/mol. The number of hydrogen-bond donors (Lipinski definition) is 1.